The van der Waals surface area contributed by atoms with Crippen molar-refractivity contribution in [2.75, 3.05) is 18.1 Å². The zero-order chi connectivity index (χ0) is 20.9. The average molecular weight is 430 g/mol. The van der Waals surface area contributed by atoms with Gasteiger partial charge in [-0.2, -0.15) is 9.40 Å². The Morgan fingerprint density at radius 1 is 1.14 bits per heavy atom. The van der Waals surface area contributed by atoms with Gasteiger partial charge in [-0.3, -0.25) is 4.68 Å². The van der Waals surface area contributed by atoms with Gasteiger partial charge in [0.2, 0.25) is 10.0 Å². The summed E-state index contributed by atoms with van der Waals surface area (Å²) in [6.07, 6.45) is 3.43. The minimum Gasteiger partial charge on any atom is -0.493 e. The van der Waals surface area contributed by atoms with Crippen LogP contribution in [-0.2, 0) is 33.5 Å². The van der Waals surface area contributed by atoms with Crippen molar-refractivity contribution in [3.05, 3.63) is 42.2 Å². The van der Waals surface area contributed by atoms with E-state index >= 15 is 0 Å². The van der Waals surface area contributed by atoms with E-state index in [1.807, 2.05) is 13.8 Å². The molecule has 1 aromatic heterocycles. The largest absolute Gasteiger partial charge is 0.493 e. The second-order valence-corrected chi connectivity index (χ2v) is 11.1. The molecular weight excluding hydrogens is 402 g/mol. The van der Waals surface area contributed by atoms with E-state index in [-0.39, 0.29) is 35.6 Å². The highest BCUT2D eigenvalue weighted by Crippen LogP contribution is 2.23. The van der Waals surface area contributed by atoms with E-state index in [0.29, 0.717) is 5.75 Å². The van der Waals surface area contributed by atoms with Crippen molar-refractivity contribution < 1.29 is 21.6 Å². The van der Waals surface area contributed by atoms with E-state index in [1.165, 1.54) is 28.6 Å². The van der Waals surface area contributed by atoms with Crippen LogP contribution >= 0.6 is 0 Å². The highest BCUT2D eigenvalue weighted by atomic mass is 32.2. The van der Waals surface area contributed by atoms with Crippen LogP contribution in [0.25, 0.3) is 0 Å². The third-order valence-corrected chi connectivity index (χ3v) is 7.91. The second-order valence-electron chi connectivity index (χ2n) is 6.72. The molecule has 2 rings (SSSR count). The molecule has 0 saturated heterocycles. The molecule has 156 valence electrons. The van der Waals surface area contributed by atoms with Crippen LogP contribution in [0.3, 0.4) is 0 Å². The van der Waals surface area contributed by atoms with Crippen LogP contribution in [0, 0.1) is 0 Å². The van der Waals surface area contributed by atoms with Crippen LogP contribution in [-0.4, -0.2) is 55.1 Å². The zero-order valence-electron chi connectivity index (χ0n) is 16.6. The van der Waals surface area contributed by atoms with Gasteiger partial charge in [-0.1, -0.05) is 6.92 Å². The normalized spacial score (nSPS) is 12.6. The summed E-state index contributed by atoms with van der Waals surface area (Å²) in [5, 5.41) is 4.08. The number of hydrogen-bond donors (Lipinski definition) is 0. The molecule has 1 heterocycles. The first-order chi connectivity index (χ1) is 13.0. The number of sulfone groups is 1. The summed E-state index contributed by atoms with van der Waals surface area (Å²) in [6.45, 7) is 5.47. The second kappa shape index (κ2) is 9.06. The number of nitrogens with zero attached hydrogens (tertiary/aromatic N) is 3. The summed E-state index contributed by atoms with van der Waals surface area (Å²) in [4.78, 5) is 0.152. The van der Waals surface area contributed by atoms with Crippen molar-refractivity contribution in [3.8, 4) is 5.75 Å². The SMILES string of the molecule is CCS(=O)(=O)CCOc1ccc(S(=O)(=O)N(Cc2cnn(C)c2)C(C)C)cc1. The lowest BCUT2D eigenvalue weighted by Crippen LogP contribution is -2.36. The van der Waals surface area contributed by atoms with E-state index < -0.39 is 19.9 Å². The molecule has 8 nitrogen and oxygen atoms in total. The molecule has 2 aromatic rings. The standard InChI is InChI=1S/C18H27N3O5S2/c1-5-27(22,23)11-10-26-17-6-8-18(9-7-17)28(24,25)21(15(2)3)14-16-12-19-20(4)13-16/h6-9,12-13,15H,5,10-11,14H2,1-4H3. The molecule has 1 aromatic carbocycles. The maximum absolute atomic E-state index is 13.1. The van der Waals surface area contributed by atoms with Crippen LogP contribution in [0.5, 0.6) is 5.75 Å². The lowest BCUT2D eigenvalue weighted by atomic mass is 10.3. The predicted octanol–water partition coefficient (Wildman–Crippen LogP) is 1.83. The van der Waals surface area contributed by atoms with Gasteiger partial charge in [-0.05, 0) is 38.1 Å². The number of sulfonamides is 1. The molecule has 0 aliphatic carbocycles. The third kappa shape index (κ3) is 5.79. The molecule has 0 amide bonds. The first kappa shape index (κ1) is 22.4. The Morgan fingerprint density at radius 3 is 2.29 bits per heavy atom. The lowest BCUT2D eigenvalue weighted by molar-refractivity contribution is 0.340. The van der Waals surface area contributed by atoms with Crippen molar-refractivity contribution in [2.45, 2.75) is 38.3 Å². The fraction of sp³-hybridized carbons (Fsp3) is 0.500. The Bertz CT molecular complexity index is 980. The number of benzene rings is 1. The third-order valence-electron chi connectivity index (χ3n) is 4.21. The van der Waals surface area contributed by atoms with Gasteiger partial charge in [0.05, 0.1) is 16.8 Å². The first-order valence-corrected chi connectivity index (χ1v) is 12.2. The van der Waals surface area contributed by atoms with Gasteiger partial charge in [0.1, 0.15) is 12.4 Å². The molecule has 0 saturated carbocycles. The monoisotopic (exact) mass is 429 g/mol. The van der Waals surface area contributed by atoms with Gasteiger partial charge in [0.15, 0.2) is 9.84 Å². The molecule has 0 aliphatic heterocycles. The van der Waals surface area contributed by atoms with Crippen LogP contribution in [0.2, 0.25) is 0 Å². The topological polar surface area (TPSA) is 98.6 Å². The summed E-state index contributed by atoms with van der Waals surface area (Å²) in [5.74, 6) is 0.416. The van der Waals surface area contributed by atoms with Gasteiger partial charge >= 0.3 is 0 Å². The van der Waals surface area contributed by atoms with E-state index in [0.717, 1.165) is 5.56 Å². The number of ether oxygens (including phenoxy) is 1. The van der Waals surface area contributed by atoms with Gasteiger partial charge in [-0.15, -0.1) is 0 Å². The predicted molar refractivity (Wildman–Crippen MR) is 107 cm³/mol. The zero-order valence-corrected chi connectivity index (χ0v) is 18.2. The Hall–Kier alpha value is -1.91. The average Bonchev–Trinajstić information content (AvgIpc) is 3.05. The maximum Gasteiger partial charge on any atom is 0.243 e. The van der Waals surface area contributed by atoms with Crippen molar-refractivity contribution in [2.24, 2.45) is 7.05 Å². The van der Waals surface area contributed by atoms with Crippen molar-refractivity contribution in [1.82, 2.24) is 14.1 Å². The summed E-state index contributed by atoms with van der Waals surface area (Å²) in [6, 6.07) is 5.78. The number of hydrogen-bond acceptors (Lipinski definition) is 6. The van der Waals surface area contributed by atoms with E-state index in [9.17, 15) is 16.8 Å². The summed E-state index contributed by atoms with van der Waals surface area (Å²) >= 11 is 0. The van der Waals surface area contributed by atoms with E-state index in [2.05, 4.69) is 5.10 Å². The fourth-order valence-corrected chi connectivity index (χ4v) is 4.80. The van der Waals surface area contributed by atoms with E-state index in [4.69, 9.17) is 4.74 Å². The smallest absolute Gasteiger partial charge is 0.243 e. The minimum atomic E-state index is -3.71. The van der Waals surface area contributed by atoms with Crippen LogP contribution < -0.4 is 4.74 Å². The summed E-state index contributed by atoms with van der Waals surface area (Å²) < 4.78 is 57.6. The lowest BCUT2D eigenvalue weighted by Gasteiger charge is -2.25. The van der Waals surface area contributed by atoms with Gasteiger partial charge in [-0.25, -0.2) is 16.8 Å². The van der Waals surface area contributed by atoms with Gasteiger partial charge < -0.3 is 4.74 Å². The number of aryl methyl sites for hydroxylation is 1. The molecule has 28 heavy (non-hydrogen) atoms. The highest BCUT2D eigenvalue weighted by molar-refractivity contribution is 7.91. The molecular formula is C18H27N3O5S2. The van der Waals surface area contributed by atoms with Gasteiger partial charge in [0.25, 0.3) is 0 Å². The van der Waals surface area contributed by atoms with Crippen LogP contribution in [0.15, 0.2) is 41.6 Å². The van der Waals surface area contributed by atoms with Crippen molar-refractivity contribution in [1.29, 1.82) is 0 Å². The summed E-state index contributed by atoms with van der Waals surface area (Å²) in [5.41, 5.74) is 0.803. The molecule has 0 unspecified atom stereocenters. The molecule has 0 bridgehead atoms. The maximum atomic E-state index is 13.1. The van der Waals surface area contributed by atoms with Crippen molar-refractivity contribution in [3.63, 3.8) is 0 Å². The molecule has 0 N–H and O–H groups in total. The minimum absolute atomic E-state index is 0.0292. The molecule has 0 aliphatic rings. The first-order valence-electron chi connectivity index (χ1n) is 8.98. The van der Waals surface area contributed by atoms with Gasteiger partial charge in [0, 0.05) is 37.1 Å². The Labute approximate surface area is 167 Å². The van der Waals surface area contributed by atoms with Crippen LogP contribution in [0.4, 0.5) is 0 Å². The van der Waals surface area contributed by atoms with E-state index in [1.54, 1.807) is 31.0 Å². The Balaban J connectivity index is 2.12. The Morgan fingerprint density at radius 2 is 1.79 bits per heavy atom. The van der Waals surface area contributed by atoms with Crippen LogP contribution in [0.1, 0.15) is 26.3 Å². The van der Waals surface area contributed by atoms with Crippen molar-refractivity contribution >= 4 is 19.9 Å². The molecule has 0 radical (unpaired) electrons. The Kier molecular flexibility index (Phi) is 7.24. The molecule has 0 atom stereocenters. The molecule has 10 heteroatoms. The molecule has 0 fully saturated rings. The molecule has 0 spiro atoms. The quantitative estimate of drug-likeness (QED) is 0.571. The number of aromatic nitrogens is 2. The fourth-order valence-electron chi connectivity index (χ4n) is 2.55. The summed E-state index contributed by atoms with van der Waals surface area (Å²) in [7, 11) is -5.03. The number of rotatable bonds is 10. The highest BCUT2D eigenvalue weighted by Gasteiger charge is 2.27.